The monoisotopic (exact) mass is 560 g/mol. The molecule has 1 aliphatic heterocycles. The van der Waals surface area contributed by atoms with Crippen LogP contribution in [-0.4, -0.2) is 42.5 Å². The summed E-state index contributed by atoms with van der Waals surface area (Å²) < 4.78 is 54.0. The summed E-state index contributed by atoms with van der Waals surface area (Å²) >= 11 is 6.59. The molecular weight excluding hydrogens is 532 g/mol. The van der Waals surface area contributed by atoms with Crippen molar-refractivity contribution >= 4 is 28.9 Å². The van der Waals surface area contributed by atoms with E-state index in [0.717, 1.165) is 54.9 Å². The van der Waals surface area contributed by atoms with E-state index in [2.05, 4.69) is 27.1 Å². The number of rotatable bonds is 7. The smallest absolute Gasteiger partial charge is 0.381 e. The molecule has 206 valence electrons. The molecule has 0 aliphatic carbocycles. The Hall–Kier alpha value is -3.43. The van der Waals surface area contributed by atoms with Crippen molar-refractivity contribution in [3.63, 3.8) is 0 Å². The molecule has 2 aromatic carbocycles. The van der Waals surface area contributed by atoms with E-state index >= 15 is 0 Å². The summed E-state index contributed by atoms with van der Waals surface area (Å²) in [6.07, 6.45) is -0.102. The molecule has 1 amide bonds. The summed E-state index contributed by atoms with van der Waals surface area (Å²) in [6, 6.07) is 8.28. The zero-order valence-electron chi connectivity index (χ0n) is 21.6. The van der Waals surface area contributed by atoms with Gasteiger partial charge in [-0.15, -0.1) is 6.58 Å². The first kappa shape index (κ1) is 28.6. The summed E-state index contributed by atoms with van der Waals surface area (Å²) in [4.78, 5) is 18.6. The van der Waals surface area contributed by atoms with Gasteiger partial charge in [0, 0.05) is 36.2 Å². The Morgan fingerprint density at radius 1 is 1.26 bits per heavy atom. The SMILES string of the molecule is C=CCNc1cc(F)cc(C2CCCN(C)C2)c1-c1cc(Cl)c(C(=O)Nc2ccnc(C(F)(F)F)c2)cc1C. The minimum Gasteiger partial charge on any atom is -0.381 e. The Kier molecular flexibility index (Phi) is 8.61. The molecule has 0 saturated carbocycles. The fraction of sp³-hybridized carbons (Fsp3) is 0.310. The fourth-order valence-electron chi connectivity index (χ4n) is 4.98. The second-order valence-electron chi connectivity index (χ2n) is 9.72. The molecule has 0 bridgehead atoms. The van der Waals surface area contributed by atoms with Gasteiger partial charge < -0.3 is 15.5 Å². The van der Waals surface area contributed by atoms with Gasteiger partial charge in [0.1, 0.15) is 11.5 Å². The van der Waals surface area contributed by atoms with Gasteiger partial charge in [-0.05, 0) is 92.4 Å². The van der Waals surface area contributed by atoms with Crippen molar-refractivity contribution in [2.24, 2.45) is 0 Å². The van der Waals surface area contributed by atoms with Crippen molar-refractivity contribution in [1.82, 2.24) is 9.88 Å². The number of halogens is 5. The zero-order valence-corrected chi connectivity index (χ0v) is 22.4. The van der Waals surface area contributed by atoms with Crippen molar-refractivity contribution in [2.45, 2.75) is 31.9 Å². The molecule has 0 spiro atoms. The predicted molar refractivity (Wildman–Crippen MR) is 147 cm³/mol. The maximum atomic E-state index is 14.8. The Morgan fingerprint density at radius 2 is 2.03 bits per heavy atom. The molecule has 2 N–H and O–H groups in total. The standard InChI is InChI=1S/C29H29ClF4N4O/c1-4-8-35-25-13-19(31)12-22(18-6-5-10-38(3)16-18)27(25)21-15-24(30)23(11-17(21)2)28(39)37-20-7-9-36-26(14-20)29(32,33)34/h4,7,9,11-15,18,35H,1,5-6,8,10,16H2,2-3H3,(H,36,37,39). The highest BCUT2D eigenvalue weighted by Gasteiger charge is 2.33. The minimum atomic E-state index is -4.64. The lowest BCUT2D eigenvalue weighted by Gasteiger charge is -2.32. The van der Waals surface area contributed by atoms with E-state index in [-0.39, 0.29) is 28.0 Å². The van der Waals surface area contributed by atoms with Crippen LogP contribution < -0.4 is 10.6 Å². The highest BCUT2D eigenvalue weighted by molar-refractivity contribution is 6.34. The molecule has 10 heteroatoms. The molecule has 3 aromatic rings. The first-order valence-electron chi connectivity index (χ1n) is 12.5. The zero-order chi connectivity index (χ0) is 28.3. The van der Waals surface area contributed by atoms with Gasteiger partial charge in [-0.1, -0.05) is 17.7 Å². The summed E-state index contributed by atoms with van der Waals surface area (Å²) in [5, 5.41) is 5.82. The second kappa shape index (κ2) is 11.8. The number of hydrogen-bond acceptors (Lipinski definition) is 4. The summed E-state index contributed by atoms with van der Waals surface area (Å²) in [6.45, 7) is 7.72. The number of nitrogens with one attached hydrogen (secondary N) is 2. The number of pyridine rings is 1. The number of piperidine rings is 1. The highest BCUT2D eigenvalue weighted by atomic mass is 35.5. The second-order valence-corrected chi connectivity index (χ2v) is 10.1. The first-order valence-corrected chi connectivity index (χ1v) is 12.9. The van der Waals surface area contributed by atoms with E-state index in [1.807, 2.05) is 14.0 Å². The number of likely N-dealkylation sites (N-methyl/N-ethyl adjacent to an activating group) is 1. The first-order chi connectivity index (χ1) is 18.5. The van der Waals surface area contributed by atoms with Crippen molar-refractivity contribution in [1.29, 1.82) is 0 Å². The highest BCUT2D eigenvalue weighted by Crippen LogP contribution is 2.42. The molecule has 1 saturated heterocycles. The molecule has 5 nitrogen and oxygen atoms in total. The van der Waals surface area contributed by atoms with Crippen LogP contribution in [-0.2, 0) is 6.18 Å². The Balaban J connectivity index is 1.75. The maximum Gasteiger partial charge on any atom is 0.433 e. The third kappa shape index (κ3) is 6.59. The normalized spacial score (nSPS) is 16.1. The molecule has 1 unspecified atom stereocenters. The fourth-order valence-corrected chi connectivity index (χ4v) is 5.23. The maximum absolute atomic E-state index is 14.8. The lowest BCUT2D eigenvalue weighted by molar-refractivity contribution is -0.141. The van der Waals surface area contributed by atoms with Crippen LogP contribution in [0.3, 0.4) is 0 Å². The molecule has 1 atom stereocenters. The van der Waals surface area contributed by atoms with Crippen molar-refractivity contribution in [3.8, 4) is 11.1 Å². The number of nitrogens with zero attached hydrogens (tertiary/aromatic N) is 2. The quantitative estimate of drug-likeness (QED) is 0.232. The minimum absolute atomic E-state index is 0.0572. The number of carbonyl (C=O) groups excluding carboxylic acids is 1. The molecule has 1 aliphatic rings. The molecule has 0 radical (unpaired) electrons. The van der Waals surface area contributed by atoms with Gasteiger partial charge in [-0.25, -0.2) is 4.39 Å². The van der Waals surface area contributed by atoms with Crippen LogP contribution in [0.2, 0.25) is 5.02 Å². The van der Waals surface area contributed by atoms with Crippen LogP contribution in [0, 0.1) is 12.7 Å². The average Bonchev–Trinajstić information content (AvgIpc) is 2.88. The third-order valence-electron chi connectivity index (χ3n) is 6.77. The van der Waals surface area contributed by atoms with Crippen LogP contribution in [0.5, 0.6) is 0 Å². The number of carbonyl (C=O) groups is 1. The molecule has 4 rings (SSSR count). The van der Waals surface area contributed by atoms with Crippen LogP contribution in [0.4, 0.5) is 28.9 Å². The Labute approximate surface area is 229 Å². The van der Waals surface area contributed by atoms with E-state index < -0.39 is 17.8 Å². The van der Waals surface area contributed by atoms with Crippen LogP contribution in [0.25, 0.3) is 11.1 Å². The van der Waals surface area contributed by atoms with Crippen molar-refractivity contribution < 1.29 is 22.4 Å². The van der Waals surface area contributed by atoms with Gasteiger partial charge in [0.2, 0.25) is 0 Å². The van der Waals surface area contributed by atoms with Gasteiger partial charge in [0.15, 0.2) is 0 Å². The van der Waals surface area contributed by atoms with E-state index in [1.54, 1.807) is 24.3 Å². The predicted octanol–water partition coefficient (Wildman–Crippen LogP) is 7.53. The molecular formula is C29H29ClF4N4O. The lowest BCUT2D eigenvalue weighted by atomic mass is 9.83. The van der Waals surface area contributed by atoms with E-state index in [4.69, 9.17) is 11.6 Å². The summed E-state index contributed by atoms with van der Waals surface area (Å²) in [5.74, 6) is -0.925. The van der Waals surface area contributed by atoms with E-state index in [9.17, 15) is 22.4 Å². The molecule has 1 aromatic heterocycles. The molecule has 1 fully saturated rings. The van der Waals surface area contributed by atoms with Crippen molar-refractivity contribution in [3.05, 3.63) is 88.5 Å². The van der Waals surface area contributed by atoms with Gasteiger partial charge in [0.05, 0.1) is 10.6 Å². The number of anilines is 2. The summed E-state index contributed by atoms with van der Waals surface area (Å²) in [7, 11) is 2.04. The van der Waals surface area contributed by atoms with Gasteiger partial charge >= 0.3 is 6.18 Å². The van der Waals surface area contributed by atoms with Gasteiger partial charge in [-0.2, -0.15) is 13.2 Å². The van der Waals surface area contributed by atoms with E-state index in [1.165, 1.54) is 12.1 Å². The number of aromatic nitrogens is 1. The third-order valence-corrected chi connectivity index (χ3v) is 7.08. The molecule has 39 heavy (non-hydrogen) atoms. The average molecular weight is 561 g/mol. The Bertz CT molecular complexity index is 1390. The number of benzene rings is 2. The van der Waals surface area contributed by atoms with Gasteiger partial charge in [-0.3, -0.25) is 9.78 Å². The van der Waals surface area contributed by atoms with Gasteiger partial charge in [0.25, 0.3) is 5.91 Å². The number of aryl methyl sites for hydroxylation is 1. The Morgan fingerprint density at radius 3 is 2.72 bits per heavy atom. The largest absolute Gasteiger partial charge is 0.433 e. The number of alkyl halides is 3. The molecule has 2 heterocycles. The van der Waals surface area contributed by atoms with Crippen LogP contribution >= 0.6 is 11.6 Å². The van der Waals surface area contributed by atoms with Crippen molar-refractivity contribution in [2.75, 3.05) is 37.3 Å². The topological polar surface area (TPSA) is 57.3 Å². The lowest BCUT2D eigenvalue weighted by Crippen LogP contribution is -2.31. The number of hydrogen-bond donors (Lipinski definition) is 2. The van der Waals surface area contributed by atoms with Crippen LogP contribution in [0.1, 0.15) is 45.9 Å². The van der Waals surface area contributed by atoms with Crippen LogP contribution in [0.15, 0.2) is 55.3 Å². The van der Waals surface area contributed by atoms with E-state index in [0.29, 0.717) is 17.8 Å². The summed E-state index contributed by atoms with van der Waals surface area (Å²) in [5.41, 5.74) is 2.60. The number of likely N-dealkylation sites (tertiary alicyclic amines) is 1. The number of amides is 1.